The van der Waals surface area contributed by atoms with Crippen LogP contribution in [-0.4, -0.2) is 19.2 Å². The minimum atomic E-state index is -0.424. The van der Waals surface area contributed by atoms with Crippen LogP contribution in [0.3, 0.4) is 0 Å². The Hall–Kier alpha value is -2.35. The number of hydrogen-bond acceptors (Lipinski definition) is 4. The van der Waals surface area contributed by atoms with Gasteiger partial charge in [-0.15, -0.1) is 0 Å². The van der Waals surface area contributed by atoms with E-state index in [0.29, 0.717) is 0 Å². The van der Waals surface area contributed by atoms with E-state index in [1.54, 1.807) is 37.4 Å². The summed E-state index contributed by atoms with van der Waals surface area (Å²) in [5, 5.41) is 11.9. The van der Waals surface area contributed by atoms with Gasteiger partial charge in [0.25, 0.3) is 5.91 Å². The summed E-state index contributed by atoms with van der Waals surface area (Å²) >= 11 is 0. The van der Waals surface area contributed by atoms with Gasteiger partial charge in [0.2, 0.25) is 0 Å². The van der Waals surface area contributed by atoms with E-state index in [4.69, 9.17) is 10.00 Å². The molecule has 0 aliphatic rings. The Bertz CT molecular complexity index is 418. The average molecular weight is 217 g/mol. The fourth-order valence-corrected chi connectivity index (χ4v) is 0.980. The Morgan fingerprint density at radius 3 is 2.81 bits per heavy atom. The van der Waals surface area contributed by atoms with Crippen LogP contribution < -0.4 is 10.2 Å². The lowest BCUT2D eigenvalue weighted by Gasteiger charge is -1.98. The smallest absolute Gasteiger partial charge is 0.254 e. The van der Waals surface area contributed by atoms with Gasteiger partial charge in [-0.25, -0.2) is 5.43 Å². The molecule has 16 heavy (non-hydrogen) atoms. The third kappa shape index (κ3) is 3.80. The van der Waals surface area contributed by atoms with Crippen LogP contribution in [0, 0.1) is 11.3 Å². The lowest BCUT2D eigenvalue weighted by atomic mass is 10.2. The molecule has 0 aliphatic carbocycles. The van der Waals surface area contributed by atoms with Crippen molar-refractivity contribution in [3.05, 3.63) is 29.8 Å². The summed E-state index contributed by atoms with van der Waals surface area (Å²) in [7, 11) is 1.59. The number of hydrogen-bond donors (Lipinski definition) is 1. The summed E-state index contributed by atoms with van der Waals surface area (Å²) in [5.41, 5.74) is 3.07. The van der Waals surface area contributed by atoms with Gasteiger partial charge in [0.1, 0.15) is 12.2 Å². The Kier molecular flexibility index (Phi) is 4.54. The maximum atomic E-state index is 10.9. The first-order valence-corrected chi connectivity index (χ1v) is 4.59. The zero-order valence-corrected chi connectivity index (χ0v) is 8.80. The van der Waals surface area contributed by atoms with Crippen molar-refractivity contribution >= 4 is 12.1 Å². The van der Waals surface area contributed by atoms with E-state index in [9.17, 15) is 4.79 Å². The van der Waals surface area contributed by atoms with Gasteiger partial charge in [-0.1, -0.05) is 0 Å². The predicted octanol–water partition coefficient (Wildman–Crippen LogP) is 1.06. The first-order valence-electron chi connectivity index (χ1n) is 4.59. The molecular weight excluding hydrogens is 206 g/mol. The number of methoxy groups -OCH3 is 1. The number of benzene rings is 1. The highest BCUT2D eigenvalue weighted by atomic mass is 16.5. The molecule has 0 saturated heterocycles. The van der Waals surface area contributed by atoms with Crippen LogP contribution in [0.1, 0.15) is 12.0 Å². The van der Waals surface area contributed by atoms with Crippen molar-refractivity contribution in [3.63, 3.8) is 0 Å². The van der Waals surface area contributed by atoms with Crippen molar-refractivity contribution in [2.45, 2.75) is 6.42 Å². The SMILES string of the molecule is COc1ccc(/C=N\NC(=O)CC#N)cc1. The lowest BCUT2D eigenvalue weighted by molar-refractivity contribution is -0.120. The molecule has 0 unspecified atom stereocenters. The van der Waals surface area contributed by atoms with Gasteiger partial charge in [0, 0.05) is 0 Å². The minimum absolute atomic E-state index is 0.194. The van der Waals surface area contributed by atoms with E-state index in [1.165, 1.54) is 6.21 Å². The van der Waals surface area contributed by atoms with Gasteiger partial charge in [-0.3, -0.25) is 4.79 Å². The Labute approximate surface area is 93.3 Å². The third-order valence-electron chi connectivity index (χ3n) is 1.76. The van der Waals surface area contributed by atoms with Crippen LogP contribution in [0.4, 0.5) is 0 Å². The van der Waals surface area contributed by atoms with E-state index >= 15 is 0 Å². The highest BCUT2D eigenvalue weighted by molar-refractivity contribution is 5.83. The summed E-state index contributed by atoms with van der Waals surface area (Å²) < 4.78 is 4.99. The van der Waals surface area contributed by atoms with Crippen molar-refractivity contribution in [2.24, 2.45) is 5.10 Å². The first-order chi connectivity index (χ1) is 7.76. The maximum Gasteiger partial charge on any atom is 0.254 e. The van der Waals surface area contributed by atoms with E-state index in [0.717, 1.165) is 11.3 Å². The summed E-state index contributed by atoms with van der Waals surface area (Å²) in [5.74, 6) is 0.331. The van der Waals surface area contributed by atoms with E-state index in [1.807, 2.05) is 0 Å². The van der Waals surface area contributed by atoms with Crippen LogP contribution in [0.5, 0.6) is 5.75 Å². The van der Waals surface area contributed by atoms with Crippen LogP contribution >= 0.6 is 0 Å². The molecule has 0 aliphatic heterocycles. The molecule has 5 nitrogen and oxygen atoms in total. The molecule has 0 saturated carbocycles. The minimum Gasteiger partial charge on any atom is -0.497 e. The number of nitrogens with one attached hydrogen (secondary N) is 1. The van der Waals surface area contributed by atoms with Crippen LogP contribution in [0.2, 0.25) is 0 Å². The normalized spacial score (nSPS) is 9.75. The maximum absolute atomic E-state index is 10.9. The summed E-state index contributed by atoms with van der Waals surface area (Å²) in [6.45, 7) is 0. The molecule has 0 heterocycles. The molecule has 1 aromatic rings. The second-order valence-corrected chi connectivity index (χ2v) is 2.90. The Morgan fingerprint density at radius 1 is 1.56 bits per heavy atom. The molecule has 1 rings (SSSR count). The molecule has 1 aromatic carbocycles. The number of hydrazone groups is 1. The predicted molar refractivity (Wildman–Crippen MR) is 59.0 cm³/mol. The van der Waals surface area contributed by atoms with Gasteiger partial charge >= 0.3 is 0 Å². The molecule has 1 amide bonds. The second-order valence-electron chi connectivity index (χ2n) is 2.90. The fourth-order valence-electron chi connectivity index (χ4n) is 0.980. The highest BCUT2D eigenvalue weighted by Gasteiger charge is 1.95. The number of ether oxygens (including phenoxy) is 1. The highest BCUT2D eigenvalue weighted by Crippen LogP contribution is 2.09. The molecule has 0 fully saturated rings. The number of rotatable bonds is 4. The van der Waals surface area contributed by atoms with Crippen molar-refractivity contribution < 1.29 is 9.53 Å². The summed E-state index contributed by atoms with van der Waals surface area (Å²) in [4.78, 5) is 10.9. The quantitative estimate of drug-likeness (QED) is 0.605. The number of amides is 1. The van der Waals surface area contributed by atoms with Crippen LogP contribution in [-0.2, 0) is 4.79 Å². The second kappa shape index (κ2) is 6.19. The van der Waals surface area contributed by atoms with Gasteiger partial charge in [-0.2, -0.15) is 10.4 Å². The molecule has 0 radical (unpaired) electrons. The zero-order valence-electron chi connectivity index (χ0n) is 8.80. The van der Waals surface area contributed by atoms with Crippen molar-refractivity contribution in [2.75, 3.05) is 7.11 Å². The van der Waals surface area contributed by atoms with Crippen LogP contribution in [0.25, 0.3) is 0 Å². The zero-order chi connectivity index (χ0) is 11.8. The number of nitrogens with zero attached hydrogens (tertiary/aromatic N) is 2. The molecular formula is C11H11N3O2. The van der Waals surface area contributed by atoms with Crippen molar-refractivity contribution in [1.82, 2.24) is 5.43 Å². The molecule has 0 spiro atoms. The third-order valence-corrected chi connectivity index (χ3v) is 1.76. The topological polar surface area (TPSA) is 74.5 Å². The summed E-state index contributed by atoms with van der Waals surface area (Å²) in [6, 6.07) is 8.92. The van der Waals surface area contributed by atoms with Crippen molar-refractivity contribution in [1.29, 1.82) is 5.26 Å². The molecule has 1 N–H and O–H groups in total. The Morgan fingerprint density at radius 2 is 2.25 bits per heavy atom. The van der Waals surface area contributed by atoms with Gasteiger partial charge in [0.05, 0.1) is 19.4 Å². The molecule has 0 bridgehead atoms. The van der Waals surface area contributed by atoms with Crippen molar-refractivity contribution in [3.8, 4) is 11.8 Å². The number of nitriles is 1. The summed E-state index contributed by atoms with van der Waals surface area (Å²) in [6.07, 6.45) is 1.30. The van der Waals surface area contributed by atoms with Gasteiger partial charge in [-0.05, 0) is 29.8 Å². The Balaban J connectivity index is 2.50. The molecule has 82 valence electrons. The monoisotopic (exact) mass is 217 g/mol. The number of carbonyl (C=O) groups excluding carboxylic acids is 1. The first kappa shape index (κ1) is 11.7. The molecule has 0 aromatic heterocycles. The van der Waals surface area contributed by atoms with Crippen LogP contribution in [0.15, 0.2) is 29.4 Å². The fraction of sp³-hybridized carbons (Fsp3) is 0.182. The van der Waals surface area contributed by atoms with E-state index in [-0.39, 0.29) is 6.42 Å². The largest absolute Gasteiger partial charge is 0.497 e. The standard InChI is InChI=1S/C11H11N3O2/c1-16-10-4-2-9(3-5-10)8-13-14-11(15)6-7-12/h2-5,8H,6H2,1H3,(H,14,15)/b13-8-. The van der Waals surface area contributed by atoms with Gasteiger partial charge in [0.15, 0.2) is 0 Å². The average Bonchev–Trinajstić information content (AvgIpc) is 2.30. The van der Waals surface area contributed by atoms with E-state index < -0.39 is 5.91 Å². The molecule has 5 heteroatoms. The van der Waals surface area contributed by atoms with E-state index in [2.05, 4.69) is 10.5 Å². The lowest BCUT2D eigenvalue weighted by Crippen LogP contribution is -2.16. The van der Waals surface area contributed by atoms with Gasteiger partial charge < -0.3 is 4.74 Å². The number of carbonyl (C=O) groups is 1. The molecule has 0 atom stereocenters.